The summed E-state index contributed by atoms with van der Waals surface area (Å²) in [5.41, 5.74) is 7.77. The van der Waals surface area contributed by atoms with Gasteiger partial charge in [-0.15, -0.1) is 11.3 Å². The van der Waals surface area contributed by atoms with Crippen LogP contribution in [-0.2, 0) is 0 Å². The molecule has 0 aliphatic rings. The molecule has 3 N–H and O–H groups in total. The van der Waals surface area contributed by atoms with Gasteiger partial charge in [0.2, 0.25) is 5.95 Å². The Morgan fingerprint density at radius 2 is 1.96 bits per heavy atom. The first-order valence-corrected chi connectivity index (χ1v) is 8.36. The zero-order chi connectivity index (χ0) is 17.6. The number of hydrogen-bond acceptors (Lipinski definition) is 7. The fourth-order valence-corrected chi connectivity index (χ4v) is 3.45. The second kappa shape index (κ2) is 5.71. The number of aromatic hydroxyl groups is 1. The Kier molecular flexibility index (Phi) is 3.51. The van der Waals surface area contributed by atoms with Gasteiger partial charge in [-0.2, -0.15) is 0 Å². The molecule has 0 fully saturated rings. The van der Waals surface area contributed by atoms with Gasteiger partial charge in [0.1, 0.15) is 5.75 Å². The smallest absolute Gasteiger partial charge is 0.336 e. The fraction of sp³-hybridized carbons (Fsp3) is 0.0556. The summed E-state index contributed by atoms with van der Waals surface area (Å²) in [6, 6.07) is 10.2. The van der Waals surface area contributed by atoms with Crippen LogP contribution in [0.3, 0.4) is 0 Å². The third-order valence-corrected chi connectivity index (χ3v) is 4.76. The standard InChI is InChI=1S/C18H13N3O3S/c1-9-7-15(23)24-17-10(9)4-5-13(22)16(17)12-8-11(20-18(19)21-12)14-3-2-6-25-14/h2-8,22H,1H3,(H2,19,20,21). The Labute approximate surface area is 146 Å². The van der Waals surface area contributed by atoms with Crippen molar-refractivity contribution < 1.29 is 9.52 Å². The molecular formula is C18H13N3O3S. The molecule has 0 aliphatic carbocycles. The molecule has 0 spiro atoms. The summed E-state index contributed by atoms with van der Waals surface area (Å²) in [4.78, 5) is 21.2. The van der Waals surface area contributed by atoms with Crippen LogP contribution >= 0.6 is 11.3 Å². The monoisotopic (exact) mass is 351 g/mol. The lowest BCUT2D eigenvalue weighted by atomic mass is 10.0. The number of rotatable bonds is 2. The highest BCUT2D eigenvalue weighted by Gasteiger charge is 2.17. The van der Waals surface area contributed by atoms with Crippen LogP contribution in [0, 0.1) is 6.92 Å². The van der Waals surface area contributed by atoms with Gasteiger partial charge < -0.3 is 15.3 Å². The molecule has 0 saturated heterocycles. The number of anilines is 1. The van der Waals surface area contributed by atoms with E-state index in [1.165, 1.54) is 17.4 Å². The predicted molar refractivity (Wildman–Crippen MR) is 97.6 cm³/mol. The first kappa shape index (κ1) is 15.3. The second-order valence-corrected chi connectivity index (χ2v) is 6.51. The average molecular weight is 351 g/mol. The Morgan fingerprint density at radius 3 is 2.72 bits per heavy atom. The van der Waals surface area contributed by atoms with E-state index < -0.39 is 5.63 Å². The molecule has 3 heterocycles. The van der Waals surface area contributed by atoms with Crippen LogP contribution in [0.1, 0.15) is 5.56 Å². The number of aryl methyl sites for hydroxylation is 1. The van der Waals surface area contributed by atoms with Crippen molar-refractivity contribution in [2.24, 2.45) is 0 Å². The molecule has 1 aromatic carbocycles. The normalized spacial score (nSPS) is 11.1. The van der Waals surface area contributed by atoms with Crippen LogP contribution in [0.4, 0.5) is 5.95 Å². The first-order valence-electron chi connectivity index (χ1n) is 7.48. The van der Waals surface area contributed by atoms with Crippen LogP contribution in [0.5, 0.6) is 5.75 Å². The van der Waals surface area contributed by atoms with E-state index in [0.29, 0.717) is 17.0 Å². The molecule has 4 rings (SSSR count). The summed E-state index contributed by atoms with van der Waals surface area (Å²) in [6.07, 6.45) is 0. The molecule has 7 heteroatoms. The van der Waals surface area contributed by atoms with E-state index in [2.05, 4.69) is 9.97 Å². The fourth-order valence-electron chi connectivity index (χ4n) is 2.77. The molecule has 25 heavy (non-hydrogen) atoms. The molecular weight excluding hydrogens is 338 g/mol. The molecule has 0 unspecified atom stereocenters. The number of hydrogen-bond donors (Lipinski definition) is 2. The van der Waals surface area contributed by atoms with Crippen molar-refractivity contribution >= 4 is 28.3 Å². The molecule has 0 amide bonds. The first-order chi connectivity index (χ1) is 12.0. The molecule has 124 valence electrons. The highest BCUT2D eigenvalue weighted by atomic mass is 32.1. The van der Waals surface area contributed by atoms with E-state index in [-0.39, 0.29) is 17.3 Å². The maximum absolute atomic E-state index is 11.8. The number of benzene rings is 1. The highest BCUT2D eigenvalue weighted by molar-refractivity contribution is 7.13. The third kappa shape index (κ3) is 2.64. The van der Waals surface area contributed by atoms with Gasteiger partial charge in [-0.05, 0) is 42.1 Å². The largest absolute Gasteiger partial charge is 0.507 e. The molecule has 0 aliphatic heterocycles. The number of nitrogens with two attached hydrogens (primary N) is 1. The van der Waals surface area contributed by atoms with Gasteiger partial charge in [-0.1, -0.05) is 6.07 Å². The summed E-state index contributed by atoms with van der Waals surface area (Å²) in [5.74, 6) is 0.0313. The number of nitrogen functional groups attached to an aromatic ring is 1. The number of fused-ring (bicyclic) bond motifs is 1. The molecule has 4 aromatic rings. The summed E-state index contributed by atoms with van der Waals surface area (Å²) in [6.45, 7) is 1.81. The maximum atomic E-state index is 11.8. The number of aromatic nitrogens is 2. The van der Waals surface area contributed by atoms with Gasteiger partial charge >= 0.3 is 5.63 Å². The van der Waals surface area contributed by atoms with Gasteiger partial charge in [0.25, 0.3) is 0 Å². The zero-order valence-corrected chi connectivity index (χ0v) is 14.0. The van der Waals surface area contributed by atoms with E-state index in [0.717, 1.165) is 15.8 Å². The Bertz CT molecular complexity index is 1150. The molecule has 0 atom stereocenters. The minimum atomic E-state index is -0.489. The van der Waals surface area contributed by atoms with Crippen molar-refractivity contribution in [2.75, 3.05) is 5.73 Å². The quantitative estimate of drug-likeness (QED) is 0.535. The number of phenolic OH excluding ortho intramolecular Hbond substituents is 1. The molecule has 0 saturated carbocycles. The maximum Gasteiger partial charge on any atom is 0.336 e. The van der Waals surface area contributed by atoms with Crippen molar-refractivity contribution in [3.05, 3.63) is 57.8 Å². The van der Waals surface area contributed by atoms with Crippen molar-refractivity contribution in [3.8, 4) is 27.6 Å². The molecule has 0 bridgehead atoms. The van der Waals surface area contributed by atoms with Crippen molar-refractivity contribution in [1.82, 2.24) is 9.97 Å². The third-order valence-electron chi connectivity index (χ3n) is 3.87. The van der Waals surface area contributed by atoms with Crippen LogP contribution in [0.2, 0.25) is 0 Å². The Morgan fingerprint density at radius 1 is 1.16 bits per heavy atom. The van der Waals surface area contributed by atoms with Crippen molar-refractivity contribution in [2.45, 2.75) is 6.92 Å². The molecule has 6 nitrogen and oxygen atoms in total. The van der Waals surface area contributed by atoms with E-state index in [4.69, 9.17) is 10.2 Å². The van der Waals surface area contributed by atoms with Crippen LogP contribution < -0.4 is 11.4 Å². The second-order valence-electron chi connectivity index (χ2n) is 5.56. The Hall–Kier alpha value is -3.19. The highest BCUT2D eigenvalue weighted by Crippen LogP contribution is 2.37. The number of thiophene rings is 1. The van der Waals surface area contributed by atoms with Crippen molar-refractivity contribution in [1.29, 1.82) is 0 Å². The molecule has 3 aromatic heterocycles. The SMILES string of the molecule is Cc1cc(=O)oc2c(-c3cc(-c4cccs4)nc(N)n3)c(O)ccc12. The van der Waals surface area contributed by atoms with Gasteiger partial charge in [0.05, 0.1) is 21.8 Å². The van der Waals surface area contributed by atoms with Gasteiger partial charge in [-0.25, -0.2) is 14.8 Å². The van der Waals surface area contributed by atoms with E-state index in [1.807, 2.05) is 24.4 Å². The Balaban J connectivity index is 2.05. The minimum absolute atomic E-state index is 0.0449. The number of nitrogens with zero attached hydrogens (tertiary/aromatic N) is 2. The summed E-state index contributed by atoms with van der Waals surface area (Å²) >= 11 is 1.52. The lowest BCUT2D eigenvalue weighted by Crippen LogP contribution is -2.01. The topological polar surface area (TPSA) is 102 Å². The van der Waals surface area contributed by atoms with E-state index in [9.17, 15) is 9.90 Å². The van der Waals surface area contributed by atoms with Crippen molar-refractivity contribution in [3.63, 3.8) is 0 Å². The van der Waals surface area contributed by atoms with Crippen LogP contribution in [0.25, 0.3) is 32.8 Å². The number of phenols is 1. The van der Waals surface area contributed by atoms with E-state index in [1.54, 1.807) is 18.2 Å². The van der Waals surface area contributed by atoms with Gasteiger partial charge in [-0.3, -0.25) is 0 Å². The summed E-state index contributed by atoms with van der Waals surface area (Å²) in [7, 11) is 0. The van der Waals surface area contributed by atoms with Gasteiger partial charge in [0, 0.05) is 11.5 Å². The lowest BCUT2D eigenvalue weighted by molar-refractivity contribution is 0.475. The molecule has 0 radical (unpaired) electrons. The summed E-state index contributed by atoms with van der Waals surface area (Å²) in [5, 5.41) is 13.1. The van der Waals surface area contributed by atoms with E-state index >= 15 is 0 Å². The minimum Gasteiger partial charge on any atom is -0.507 e. The zero-order valence-electron chi connectivity index (χ0n) is 13.2. The predicted octanol–water partition coefficient (Wildman–Crippen LogP) is 3.57. The summed E-state index contributed by atoms with van der Waals surface area (Å²) < 4.78 is 5.37. The van der Waals surface area contributed by atoms with Crippen LogP contribution in [0.15, 0.2) is 51.0 Å². The van der Waals surface area contributed by atoms with Crippen LogP contribution in [-0.4, -0.2) is 15.1 Å². The lowest BCUT2D eigenvalue weighted by Gasteiger charge is -2.10. The average Bonchev–Trinajstić information content (AvgIpc) is 3.08. The van der Waals surface area contributed by atoms with Gasteiger partial charge in [0.15, 0.2) is 5.58 Å².